The molecule has 1 aromatic carbocycles. The maximum Gasteiger partial charge on any atom is 0.256 e. The van der Waals surface area contributed by atoms with Crippen molar-refractivity contribution >= 4 is 16.8 Å². The summed E-state index contributed by atoms with van der Waals surface area (Å²) in [6.07, 6.45) is 0. The Balaban J connectivity index is 1.99. The fourth-order valence-electron chi connectivity index (χ4n) is 3.08. The monoisotopic (exact) mass is 283 g/mol. The van der Waals surface area contributed by atoms with E-state index in [0.29, 0.717) is 17.6 Å². The van der Waals surface area contributed by atoms with Crippen molar-refractivity contribution in [2.45, 2.75) is 32.9 Å². The molecule has 3 rings (SSSR count). The van der Waals surface area contributed by atoms with Crippen LogP contribution in [-0.4, -0.2) is 41.0 Å². The van der Waals surface area contributed by atoms with Gasteiger partial charge < -0.3 is 10.2 Å². The van der Waals surface area contributed by atoms with E-state index in [1.54, 1.807) is 0 Å². The lowest BCUT2D eigenvalue weighted by Gasteiger charge is -2.36. The Bertz CT molecular complexity index is 673. The van der Waals surface area contributed by atoms with Crippen molar-refractivity contribution in [2.24, 2.45) is 0 Å². The summed E-state index contributed by atoms with van der Waals surface area (Å²) < 4.78 is 0. The summed E-state index contributed by atoms with van der Waals surface area (Å²) >= 11 is 0. The van der Waals surface area contributed by atoms with Gasteiger partial charge in [0, 0.05) is 36.3 Å². The zero-order valence-corrected chi connectivity index (χ0v) is 12.8. The third kappa shape index (κ3) is 2.76. The van der Waals surface area contributed by atoms with Crippen LogP contribution in [0.25, 0.3) is 10.9 Å². The van der Waals surface area contributed by atoms with Crippen LogP contribution in [0.5, 0.6) is 0 Å². The number of hydrogen-bond donors (Lipinski definition) is 1. The molecule has 2 heterocycles. The molecule has 1 N–H and O–H groups in total. The lowest BCUT2D eigenvalue weighted by molar-refractivity contribution is 0.0675. The average molecular weight is 283 g/mol. The van der Waals surface area contributed by atoms with E-state index < -0.39 is 0 Å². The first-order chi connectivity index (χ1) is 10.0. The average Bonchev–Trinajstić information content (AvgIpc) is 2.44. The molecule has 0 saturated carbocycles. The van der Waals surface area contributed by atoms with Gasteiger partial charge in [-0.3, -0.25) is 9.78 Å². The number of pyridine rings is 1. The Morgan fingerprint density at radius 3 is 2.62 bits per heavy atom. The second-order valence-corrected chi connectivity index (χ2v) is 6.01. The largest absolute Gasteiger partial charge is 0.335 e. The third-order valence-corrected chi connectivity index (χ3v) is 3.93. The molecule has 1 fully saturated rings. The molecule has 1 aromatic heterocycles. The molecule has 2 aromatic rings. The van der Waals surface area contributed by atoms with E-state index in [-0.39, 0.29) is 5.91 Å². The fraction of sp³-hybridized carbons (Fsp3) is 0.412. The molecular weight excluding hydrogens is 262 g/mol. The third-order valence-electron chi connectivity index (χ3n) is 3.93. The van der Waals surface area contributed by atoms with E-state index in [9.17, 15) is 4.79 Å². The van der Waals surface area contributed by atoms with Crippen molar-refractivity contribution in [1.29, 1.82) is 0 Å². The van der Waals surface area contributed by atoms with Crippen LogP contribution in [0, 0.1) is 6.92 Å². The van der Waals surface area contributed by atoms with E-state index in [1.165, 1.54) is 0 Å². The standard InChI is InChI=1S/C17H21N3O/c1-11-7-8-14-5-4-6-15(16(14)19-11)17(21)20-9-12(2)18-13(3)10-20/h4-8,12-13,18H,9-10H2,1-3H3/t12-,13-/m0/s1. The molecule has 2 atom stereocenters. The van der Waals surface area contributed by atoms with Crippen LogP contribution in [-0.2, 0) is 0 Å². The molecular formula is C17H21N3O. The number of rotatable bonds is 1. The number of fused-ring (bicyclic) bond motifs is 1. The molecule has 1 saturated heterocycles. The number of carbonyl (C=O) groups is 1. The highest BCUT2D eigenvalue weighted by molar-refractivity contribution is 6.05. The predicted molar refractivity (Wildman–Crippen MR) is 84.4 cm³/mol. The van der Waals surface area contributed by atoms with Crippen LogP contribution in [0.2, 0.25) is 0 Å². The van der Waals surface area contributed by atoms with Gasteiger partial charge >= 0.3 is 0 Å². The molecule has 0 bridgehead atoms. The maximum absolute atomic E-state index is 12.9. The van der Waals surface area contributed by atoms with Crippen molar-refractivity contribution in [3.8, 4) is 0 Å². The van der Waals surface area contributed by atoms with Gasteiger partial charge in [0.05, 0.1) is 11.1 Å². The number of hydrogen-bond acceptors (Lipinski definition) is 3. The van der Waals surface area contributed by atoms with Crippen molar-refractivity contribution in [3.63, 3.8) is 0 Å². The smallest absolute Gasteiger partial charge is 0.256 e. The Kier molecular flexibility index (Phi) is 3.64. The van der Waals surface area contributed by atoms with Crippen LogP contribution < -0.4 is 5.32 Å². The number of aryl methyl sites for hydroxylation is 1. The highest BCUT2D eigenvalue weighted by Gasteiger charge is 2.26. The summed E-state index contributed by atoms with van der Waals surface area (Å²) in [5, 5.41) is 4.47. The van der Waals surface area contributed by atoms with E-state index in [2.05, 4.69) is 24.1 Å². The molecule has 1 amide bonds. The highest BCUT2D eigenvalue weighted by Crippen LogP contribution is 2.20. The molecule has 0 spiro atoms. The van der Waals surface area contributed by atoms with Gasteiger partial charge in [-0.2, -0.15) is 0 Å². The number of amides is 1. The van der Waals surface area contributed by atoms with Crippen LogP contribution in [0.3, 0.4) is 0 Å². The summed E-state index contributed by atoms with van der Waals surface area (Å²) in [5.41, 5.74) is 2.45. The van der Waals surface area contributed by atoms with Gasteiger partial charge in [0.15, 0.2) is 0 Å². The molecule has 1 aliphatic heterocycles. The molecule has 0 radical (unpaired) electrons. The van der Waals surface area contributed by atoms with Gasteiger partial charge in [-0.1, -0.05) is 18.2 Å². The second-order valence-electron chi connectivity index (χ2n) is 6.01. The number of piperazine rings is 1. The Morgan fingerprint density at radius 2 is 1.90 bits per heavy atom. The van der Waals surface area contributed by atoms with E-state index in [4.69, 9.17) is 0 Å². The number of para-hydroxylation sites is 1. The predicted octanol–water partition coefficient (Wildman–Crippen LogP) is 2.37. The van der Waals surface area contributed by atoms with E-state index >= 15 is 0 Å². The van der Waals surface area contributed by atoms with Crippen molar-refractivity contribution in [3.05, 3.63) is 41.6 Å². The normalized spacial score (nSPS) is 22.5. The van der Waals surface area contributed by atoms with Gasteiger partial charge in [-0.15, -0.1) is 0 Å². The first kappa shape index (κ1) is 14.0. The Morgan fingerprint density at radius 1 is 1.19 bits per heavy atom. The minimum absolute atomic E-state index is 0.0823. The number of aromatic nitrogens is 1. The fourth-order valence-corrected chi connectivity index (χ4v) is 3.08. The summed E-state index contributed by atoms with van der Waals surface area (Å²) in [7, 11) is 0. The number of benzene rings is 1. The highest BCUT2D eigenvalue weighted by atomic mass is 16.2. The maximum atomic E-state index is 12.9. The summed E-state index contributed by atoms with van der Waals surface area (Å²) in [5.74, 6) is 0.0823. The first-order valence-corrected chi connectivity index (χ1v) is 7.46. The SMILES string of the molecule is Cc1ccc2cccc(C(=O)N3C[C@H](C)N[C@@H](C)C3)c2n1. The Hall–Kier alpha value is -1.94. The number of nitrogens with one attached hydrogen (secondary N) is 1. The molecule has 0 unspecified atom stereocenters. The zero-order chi connectivity index (χ0) is 15.0. The molecule has 110 valence electrons. The quantitative estimate of drug-likeness (QED) is 0.874. The topological polar surface area (TPSA) is 45.2 Å². The molecule has 0 aliphatic carbocycles. The summed E-state index contributed by atoms with van der Waals surface area (Å²) in [4.78, 5) is 19.4. The van der Waals surface area contributed by atoms with Crippen LogP contribution in [0.1, 0.15) is 29.9 Å². The lowest BCUT2D eigenvalue weighted by atomic mass is 10.1. The van der Waals surface area contributed by atoms with Crippen LogP contribution >= 0.6 is 0 Å². The first-order valence-electron chi connectivity index (χ1n) is 7.46. The van der Waals surface area contributed by atoms with E-state index in [0.717, 1.165) is 29.7 Å². The van der Waals surface area contributed by atoms with Gasteiger partial charge in [0.1, 0.15) is 0 Å². The molecule has 1 aliphatic rings. The molecule has 21 heavy (non-hydrogen) atoms. The zero-order valence-electron chi connectivity index (χ0n) is 12.8. The second kappa shape index (κ2) is 5.45. The number of carbonyl (C=O) groups excluding carboxylic acids is 1. The van der Waals surface area contributed by atoms with Gasteiger partial charge in [-0.05, 0) is 32.9 Å². The summed E-state index contributed by atoms with van der Waals surface area (Å²) in [6, 6.07) is 10.5. The van der Waals surface area contributed by atoms with Gasteiger partial charge in [-0.25, -0.2) is 0 Å². The van der Waals surface area contributed by atoms with Crippen molar-refractivity contribution in [1.82, 2.24) is 15.2 Å². The van der Waals surface area contributed by atoms with Crippen molar-refractivity contribution < 1.29 is 4.79 Å². The summed E-state index contributed by atoms with van der Waals surface area (Å²) in [6.45, 7) is 7.66. The van der Waals surface area contributed by atoms with Crippen LogP contribution in [0.15, 0.2) is 30.3 Å². The molecule has 4 heteroatoms. The molecule has 4 nitrogen and oxygen atoms in total. The van der Waals surface area contributed by atoms with Gasteiger partial charge in [0.2, 0.25) is 0 Å². The van der Waals surface area contributed by atoms with Crippen molar-refractivity contribution in [2.75, 3.05) is 13.1 Å². The lowest BCUT2D eigenvalue weighted by Crippen LogP contribution is -2.55. The Labute approximate surface area is 125 Å². The minimum Gasteiger partial charge on any atom is -0.335 e. The van der Waals surface area contributed by atoms with E-state index in [1.807, 2.05) is 42.2 Å². The van der Waals surface area contributed by atoms with Crippen LogP contribution in [0.4, 0.5) is 0 Å². The minimum atomic E-state index is 0.0823. The number of nitrogens with zero attached hydrogens (tertiary/aromatic N) is 2. The van der Waals surface area contributed by atoms with Gasteiger partial charge in [0.25, 0.3) is 5.91 Å².